The van der Waals surface area contributed by atoms with Crippen molar-refractivity contribution < 1.29 is 19.4 Å². The monoisotopic (exact) mass is 489 g/mol. The Morgan fingerprint density at radius 2 is 1.56 bits per heavy atom. The number of amides is 1. The minimum absolute atomic E-state index is 0.0401. The van der Waals surface area contributed by atoms with Crippen LogP contribution in [-0.4, -0.2) is 23.8 Å². The minimum Gasteiger partial charge on any atom is -0.478 e. The number of carbonyl (C=O) groups excluding carboxylic acids is 1. The lowest BCUT2D eigenvalue weighted by atomic mass is 9.98. The predicted molar refractivity (Wildman–Crippen MR) is 135 cm³/mol. The number of hydrogen-bond acceptors (Lipinski definition) is 4. The molecule has 7 heteroatoms. The van der Waals surface area contributed by atoms with Crippen molar-refractivity contribution in [2.75, 3.05) is 11.9 Å². The summed E-state index contributed by atoms with van der Waals surface area (Å²) >= 11 is 7.19. The highest BCUT2D eigenvalue weighted by molar-refractivity contribution is 7.17. The molecule has 170 valence electrons. The molecule has 34 heavy (non-hydrogen) atoms. The number of fused-ring (bicyclic) bond motifs is 3. The highest BCUT2D eigenvalue weighted by Crippen LogP contribution is 2.45. The van der Waals surface area contributed by atoms with Crippen LogP contribution in [0.5, 0.6) is 0 Å². The van der Waals surface area contributed by atoms with Gasteiger partial charge in [-0.15, -0.1) is 11.3 Å². The smallest absolute Gasteiger partial charge is 0.412 e. The predicted octanol–water partition coefficient (Wildman–Crippen LogP) is 7.44. The fourth-order valence-corrected chi connectivity index (χ4v) is 5.71. The average Bonchev–Trinajstić information content (AvgIpc) is 3.32. The van der Waals surface area contributed by atoms with Crippen molar-refractivity contribution in [2.45, 2.75) is 12.8 Å². The summed E-state index contributed by atoms with van der Waals surface area (Å²) in [7, 11) is 0. The molecule has 0 saturated heterocycles. The number of aryl methyl sites for hydroxylation is 1. The number of carbonyl (C=O) groups is 2. The van der Waals surface area contributed by atoms with Gasteiger partial charge in [0.25, 0.3) is 0 Å². The molecule has 0 unspecified atom stereocenters. The topological polar surface area (TPSA) is 75.6 Å². The summed E-state index contributed by atoms with van der Waals surface area (Å²) in [6.07, 6.45) is -0.687. The molecule has 5 nitrogen and oxygen atoms in total. The van der Waals surface area contributed by atoms with Gasteiger partial charge in [0.15, 0.2) is 0 Å². The highest BCUT2D eigenvalue weighted by Gasteiger charge is 2.30. The number of anilines is 1. The summed E-state index contributed by atoms with van der Waals surface area (Å²) in [5, 5.41) is 13.4. The molecule has 1 aromatic heterocycles. The summed E-state index contributed by atoms with van der Waals surface area (Å²) in [6, 6.07) is 23.1. The number of aromatic carboxylic acids is 1. The van der Waals surface area contributed by atoms with Crippen molar-refractivity contribution in [1.29, 1.82) is 0 Å². The quantitative estimate of drug-likeness (QED) is 0.305. The maximum atomic E-state index is 12.7. The number of nitrogens with one attached hydrogen (secondary N) is 1. The zero-order valence-corrected chi connectivity index (χ0v) is 19.7. The molecule has 0 bridgehead atoms. The molecule has 2 N–H and O–H groups in total. The van der Waals surface area contributed by atoms with E-state index >= 15 is 0 Å². The molecule has 0 radical (unpaired) electrons. The maximum absolute atomic E-state index is 12.7. The van der Waals surface area contributed by atoms with Crippen molar-refractivity contribution in [1.82, 2.24) is 0 Å². The Balaban J connectivity index is 1.37. The number of carboxylic acid groups (broad SMARTS) is 1. The van der Waals surface area contributed by atoms with Crippen LogP contribution < -0.4 is 5.32 Å². The summed E-state index contributed by atoms with van der Waals surface area (Å²) in [5.41, 5.74) is 5.82. The molecule has 0 atom stereocenters. The third-order valence-electron chi connectivity index (χ3n) is 5.99. The van der Waals surface area contributed by atoms with Gasteiger partial charge in [-0.25, -0.2) is 9.59 Å². The first-order chi connectivity index (χ1) is 16.4. The number of rotatable bonds is 5. The van der Waals surface area contributed by atoms with Crippen molar-refractivity contribution in [3.8, 4) is 22.3 Å². The standard InChI is InChI=1S/C27H20ClNO4S/c1-15-23(16-10-12-17(28)13-11-16)24(26(30)31)25(34-15)29-27(32)33-14-22-20-8-4-2-6-18(20)19-7-3-5-9-21(19)22/h2-13,22H,14H2,1H3,(H,29,32)(H,30,31). The minimum atomic E-state index is -1.12. The van der Waals surface area contributed by atoms with Crippen LogP contribution in [0.3, 0.4) is 0 Å². The highest BCUT2D eigenvalue weighted by atomic mass is 35.5. The molecule has 4 aromatic rings. The lowest BCUT2D eigenvalue weighted by Crippen LogP contribution is -2.18. The lowest BCUT2D eigenvalue weighted by molar-refractivity contribution is 0.0699. The van der Waals surface area contributed by atoms with Gasteiger partial charge >= 0.3 is 12.1 Å². The van der Waals surface area contributed by atoms with E-state index in [1.807, 2.05) is 43.3 Å². The third kappa shape index (κ3) is 3.95. The number of hydrogen-bond donors (Lipinski definition) is 2. The number of benzene rings is 3. The van der Waals surface area contributed by atoms with Gasteiger partial charge in [-0.1, -0.05) is 72.3 Å². The molecular weight excluding hydrogens is 470 g/mol. The van der Waals surface area contributed by atoms with Gasteiger partial charge in [-0.05, 0) is 46.9 Å². The van der Waals surface area contributed by atoms with Crippen LogP contribution in [0.2, 0.25) is 5.02 Å². The number of carboxylic acids is 1. The fraction of sp³-hybridized carbons (Fsp3) is 0.111. The normalized spacial score (nSPS) is 12.2. The van der Waals surface area contributed by atoms with Crippen LogP contribution >= 0.6 is 22.9 Å². The fourth-order valence-electron chi connectivity index (χ4n) is 4.53. The second kappa shape index (κ2) is 8.97. The van der Waals surface area contributed by atoms with E-state index in [1.54, 1.807) is 24.3 Å². The van der Waals surface area contributed by atoms with Crippen LogP contribution in [0, 0.1) is 6.92 Å². The van der Waals surface area contributed by atoms with E-state index in [0.717, 1.165) is 32.7 Å². The molecule has 1 amide bonds. The molecule has 0 spiro atoms. The SMILES string of the molecule is Cc1sc(NC(=O)OCC2c3ccccc3-c3ccccc32)c(C(=O)O)c1-c1ccc(Cl)cc1. The van der Waals surface area contributed by atoms with Gasteiger partial charge in [-0.3, -0.25) is 5.32 Å². The molecule has 1 aliphatic rings. The van der Waals surface area contributed by atoms with Gasteiger partial charge in [0.05, 0.1) is 0 Å². The number of halogens is 1. The van der Waals surface area contributed by atoms with Gasteiger partial charge < -0.3 is 9.84 Å². The first kappa shape index (κ1) is 22.2. The molecule has 1 aliphatic carbocycles. The summed E-state index contributed by atoms with van der Waals surface area (Å²) < 4.78 is 5.60. The molecule has 0 aliphatic heterocycles. The van der Waals surface area contributed by atoms with Gasteiger partial charge in [-0.2, -0.15) is 0 Å². The second-order valence-electron chi connectivity index (χ2n) is 8.00. The van der Waals surface area contributed by atoms with E-state index in [-0.39, 0.29) is 23.1 Å². The van der Waals surface area contributed by atoms with E-state index in [1.165, 1.54) is 11.3 Å². The first-order valence-corrected chi connectivity index (χ1v) is 11.9. The largest absolute Gasteiger partial charge is 0.478 e. The number of thiophene rings is 1. The Bertz CT molecular complexity index is 1370. The molecule has 3 aromatic carbocycles. The maximum Gasteiger partial charge on any atom is 0.412 e. The van der Waals surface area contributed by atoms with Crippen LogP contribution in [0.15, 0.2) is 72.8 Å². The van der Waals surface area contributed by atoms with Gasteiger partial charge in [0.1, 0.15) is 17.2 Å². The summed E-state index contributed by atoms with van der Waals surface area (Å²) in [6.45, 7) is 1.97. The Hall–Kier alpha value is -3.61. The molecule has 0 fully saturated rings. The summed E-state index contributed by atoms with van der Waals surface area (Å²) in [4.78, 5) is 25.6. The molecular formula is C27H20ClNO4S. The van der Waals surface area contributed by atoms with Crippen LogP contribution in [0.4, 0.5) is 9.80 Å². The second-order valence-corrected chi connectivity index (χ2v) is 9.66. The average molecular weight is 490 g/mol. The molecule has 5 rings (SSSR count). The van der Waals surface area contributed by atoms with Crippen molar-refractivity contribution in [3.05, 3.63) is 99.4 Å². The van der Waals surface area contributed by atoms with Gasteiger partial charge in [0.2, 0.25) is 0 Å². The molecule has 1 heterocycles. The van der Waals surface area contributed by atoms with Crippen molar-refractivity contribution in [2.24, 2.45) is 0 Å². The van der Waals surface area contributed by atoms with E-state index in [0.29, 0.717) is 10.6 Å². The van der Waals surface area contributed by atoms with Crippen LogP contribution in [-0.2, 0) is 4.74 Å². The molecule has 0 saturated carbocycles. The Morgan fingerprint density at radius 3 is 2.15 bits per heavy atom. The first-order valence-electron chi connectivity index (χ1n) is 10.7. The zero-order valence-electron chi connectivity index (χ0n) is 18.2. The van der Waals surface area contributed by atoms with Crippen molar-refractivity contribution >= 4 is 40.0 Å². The Morgan fingerprint density at radius 1 is 0.971 bits per heavy atom. The van der Waals surface area contributed by atoms with Crippen molar-refractivity contribution in [3.63, 3.8) is 0 Å². The lowest BCUT2D eigenvalue weighted by Gasteiger charge is -2.14. The number of ether oxygens (including phenoxy) is 1. The van der Waals surface area contributed by atoms with E-state index in [4.69, 9.17) is 16.3 Å². The van der Waals surface area contributed by atoms with Crippen LogP contribution in [0.25, 0.3) is 22.3 Å². The van der Waals surface area contributed by atoms with Gasteiger partial charge in [0, 0.05) is 21.4 Å². The third-order valence-corrected chi connectivity index (χ3v) is 7.26. The van der Waals surface area contributed by atoms with E-state index < -0.39 is 12.1 Å². The Kier molecular flexibility index (Phi) is 5.86. The van der Waals surface area contributed by atoms with E-state index in [2.05, 4.69) is 17.4 Å². The summed E-state index contributed by atoms with van der Waals surface area (Å²) in [5.74, 6) is -1.20. The zero-order chi connectivity index (χ0) is 23.8. The Labute approximate surface area is 205 Å². The van der Waals surface area contributed by atoms with E-state index in [9.17, 15) is 14.7 Å². The van der Waals surface area contributed by atoms with Crippen LogP contribution in [0.1, 0.15) is 32.3 Å².